The Kier molecular flexibility index (Phi) is 12.4. The molecular formula is C16H36N4O. The van der Waals surface area contributed by atoms with Crippen molar-refractivity contribution < 1.29 is 4.74 Å². The van der Waals surface area contributed by atoms with Gasteiger partial charge in [0.15, 0.2) is 5.96 Å². The highest BCUT2D eigenvalue weighted by atomic mass is 16.5. The minimum Gasteiger partial charge on any atom is -0.381 e. The Balaban J connectivity index is 3.64. The zero-order valence-electron chi connectivity index (χ0n) is 14.9. The highest BCUT2D eigenvalue weighted by Gasteiger charge is 2.06. The van der Waals surface area contributed by atoms with Gasteiger partial charge in [-0.05, 0) is 32.7 Å². The molecule has 0 bridgehead atoms. The molecule has 0 aliphatic carbocycles. The average molecular weight is 300 g/mol. The van der Waals surface area contributed by atoms with Crippen LogP contribution in [-0.2, 0) is 4.74 Å². The molecule has 0 spiro atoms. The van der Waals surface area contributed by atoms with E-state index in [4.69, 9.17) is 4.74 Å². The number of aliphatic imine (C=N–C) groups is 1. The van der Waals surface area contributed by atoms with E-state index in [0.717, 1.165) is 45.2 Å². The summed E-state index contributed by atoms with van der Waals surface area (Å²) in [5, 5.41) is 6.66. The van der Waals surface area contributed by atoms with E-state index in [0.29, 0.717) is 12.0 Å². The normalized spacial score (nSPS) is 13.8. The van der Waals surface area contributed by atoms with Crippen LogP contribution >= 0.6 is 0 Å². The van der Waals surface area contributed by atoms with E-state index in [-0.39, 0.29) is 0 Å². The summed E-state index contributed by atoms with van der Waals surface area (Å²) in [6.45, 7) is 13.3. The van der Waals surface area contributed by atoms with Gasteiger partial charge in [0.05, 0.1) is 0 Å². The van der Waals surface area contributed by atoms with E-state index >= 15 is 0 Å². The Morgan fingerprint density at radius 3 is 2.43 bits per heavy atom. The van der Waals surface area contributed by atoms with Gasteiger partial charge >= 0.3 is 0 Å². The predicted molar refractivity (Wildman–Crippen MR) is 92.0 cm³/mol. The van der Waals surface area contributed by atoms with Crippen LogP contribution in [0.25, 0.3) is 0 Å². The van der Waals surface area contributed by atoms with Gasteiger partial charge in [-0.2, -0.15) is 0 Å². The zero-order chi connectivity index (χ0) is 16.1. The fraction of sp³-hybridized carbons (Fsp3) is 0.938. The van der Waals surface area contributed by atoms with Crippen molar-refractivity contribution in [2.24, 2.45) is 10.9 Å². The van der Waals surface area contributed by atoms with Gasteiger partial charge in [0.25, 0.3) is 0 Å². The van der Waals surface area contributed by atoms with Crippen molar-refractivity contribution in [1.29, 1.82) is 0 Å². The lowest BCUT2D eigenvalue weighted by Crippen LogP contribution is -2.42. The monoisotopic (exact) mass is 300 g/mol. The molecule has 1 unspecified atom stereocenters. The number of hydrogen-bond donors (Lipinski definition) is 2. The molecular weight excluding hydrogens is 264 g/mol. The highest BCUT2D eigenvalue weighted by Crippen LogP contribution is 1.98. The van der Waals surface area contributed by atoms with Crippen LogP contribution in [0, 0.1) is 5.92 Å². The maximum absolute atomic E-state index is 5.55. The third-order valence-corrected chi connectivity index (χ3v) is 3.53. The molecule has 21 heavy (non-hydrogen) atoms. The summed E-state index contributed by atoms with van der Waals surface area (Å²) < 4.78 is 5.55. The summed E-state index contributed by atoms with van der Waals surface area (Å²) >= 11 is 0. The van der Waals surface area contributed by atoms with Crippen molar-refractivity contribution in [3.63, 3.8) is 0 Å². The smallest absolute Gasteiger partial charge is 0.191 e. The molecule has 0 aromatic heterocycles. The van der Waals surface area contributed by atoms with Crippen LogP contribution in [0.15, 0.2) is 4.99 Å². The maximum Gasteiger partial charge on any atom is 0.191 e. The van der Waals surface area contributed by atoms with Gasteiger partial charge in [0.2, 0.25) is 0 Å². The Bertz CT molecular complexity index is 269. The topological polar surface area (TPSA) is 48.9 Å². The van der Waals surface area contributed by atoms with Gasteiger partial charge in [-0.3, -0.25) is 4.99 Å². The second kappa shape index (κ2) is 12.9. The van der Waals surface area contributed by atoms with Gasteiger partial charge in [0.1, 0.15) is 0 Å². The van der Waals surface area contributed by atoms with E-state index in [1.165, 1.54) is 6.42 Å². The summed E-state index contributed by atoms with van der Waals surface area (Å²) in [4.78, 5) is 6.59. The first kappa shape index (κ1) is 20.2. The van der Waals surface area contributed by atoms with Crippen LogP contribution in [0.1, 0.15) is 40.5 Å². The largest absolute Gasteiger partial charge is 0.381 e. The standard InChI is InChI=1S/C16H36N4O/c1-7-15(4)20(6)11-10-19-16(17-5)18-9-8-12-21-13-14(2)3/h14-15H,7-13H2,1-6H3,(H2,17,18,19). The minimum atomic E-state index is 0.606. The zero-order valence-corrected chi connectivity index (χ0v) is 14.9. The Hall–Kier alpha value is -0.810. The predicted octanol–water partition coefficient (Wildman–Crippen LogP) is 1.94. The van der Waals surface area contributed by atoms with Crippen molar-refractivity contribution in [3.05, 3.63) is 0 Å². The molecule has 5 nitrogen and oxygen atoms in total. The number of hydrogen-bond acceptors (Lipinski definition) is 3. The van der Waals surface area contributed by atoms with Gasteiger partial charge in [0, 0.05) is 45.9 Å². The van der Waals surface area contributed by atoms with Crippen LogP contribution in [0.2, 0.25) is 0 Å². The number of rotatable bonds is 11. The molecule has 0 saturated carbocycles. The number of ether oxygens (including phenoxy) is 1. The van der Waals surface area contributed by atoms with Crippen molar-refractivity contribution in [2.45, 2.75) is 46.6 Å². The van der Waals surface area contributed by atoms with Gasteiger partial charge in [-0.1, -0.05) is 20.8 Å². The summed E-state index contributed by atoms with van der Waals surface area (Å²) in [6.07, 6.45) is 2.18. The fourth-order valence-electron chi connectivity index (χ4n) is 1.80. The summed E-state index contributed by atoms with van der Waals surface area (Å²) in [6, 6.07) is 0.625. The molecule has 2 N–H and O–H groups in total. The number of likely N-dealkylation sites (N-methyl/N-ethyl adjacent to an activating group) is 1. The van der Waals surface area contributed by atoms with E-state index in [2.05, 4.69) is 55.3 Å². The van der Waals surface area contributed by atoms with Crippen molar-refractivity contribution in [2.75, 3.05) is 46.9 Å². The van der Waals surface area contributed by atoms with Crippen LogP contribution in [0.5, 0.6) is 0 Å². The molecule has 0 rings (SSSR count). The average Bonchev–Trinajstić information content (AvgIpc) is 2.47. The SMILES string of the molecule is CCC(C)N(C)CCNC(=NC)NCCCOCC(C)C. The van der Waals surface area contributed by atoms with Crippen LogP contribution in [0.3, 0.4) is 0 Å². The maximum atomic E-state index is 5.55. The first-order valence-corrected chi connectivity index (χ1v) is 8.23. The Morgan fingerprint density at radius 1 is 1.19 bits per heavy atom. The third-order valence-electron chi connectivity index (χ3n) is 3.53. The van der Waals surface area contributed by atoms with Crippen LogP contribution in [0.4, 0.5) is 0 Å². The molecule has 0 aromatic rings. The summed E-state index contributed by atoms with van der Waals surface area (Å²) in [5.41, 5.74) is 0. The summed E-state index contributed by atoms with van der Waals surface area (Å²) in [7, 11) is 3.97. The lowest BCUT2D eigenvalue weighted by molar-refractivity contribution is 0.108. The second-order valence-electron chi connectivity index (χ2n) is 5.99. The Labute approximate surface area is 131 Å². The van der Waals surface area contributed by atoms with Crippen LogP contribution in [-0.4, -0.2) is 63.8 Å². The van der Waals surface area contributed by atoms with Crippen molar-refractivity contribution in [1.82, 2.24) is 15.5 Å². The van der Waals surface area contributed by atoms with Gasteiger partial charge in [-0.15, -0.1) is 0 Å². The van der Waals surface area contributed by atoms with Gasteiger partial charge in [-0.25, -0.2) is 0 Å². The minimum absolute atomic E-state index is 0.606. The molecule has 0 saturated heterocycles. The lowest BCUT2D eigenvalue weighted by atomic mass is 10.2. The van der Waals surface area contributed by atoms with Crippen molar-refractivity contribution >= 4 is 5.96 Å². The van der Waals surface area contributed by atoms with E-state index in [1.54, 1.807) is 0 Å². The van der Waals surface area contributed by atoms with Crippen LogP contribution < -0.4 is 10.6 Å². The number of nitrogens with zero attached hydrogens (tertiary/aromatic N) is 2. The molecule has 0 aromatic carbocycles. The molecule has 0 heterocycles. The lowest BCUT2D eigenvalue weighted by Gasteiger charge is -2.24. The number of nitrogens with one attached hydrogen (secondary N) is 2. The van der Waals surface area contributed by atoms with E-state index in [1.807, 2.05) is 7.05 Å². The number of guanidine groups is 1. The third kappa shape index (κ3) is 11.5. The highest BCUT2D eigenvalue weighted by molar-refractivity contribution is 5.79. The molecule has 5 heteroatoms. The first-order valence-electron chi connectivity index (χ1n) is 8.23. The van der Waals surface area contributed by atoms with E-state index in [9.17, 15) is 0 Å². The van der Waals surface area contributed by atoms with Crippen molar-refractivity contribution in [3.8, 4) is 0 Å². The van der Waals surface area contributed by atoms with Gasteiger partial charge < -0.3 is 20.3 Å². The first-order chi connectivity index (χ1) is 10.0. The second-order valence-corrected chi connectivity index (χ2v) is 5.99. The van der Waals surface area contributed by atoms with E-state index < -0.39 is 0 Å². The molecule has 0 radical (unpaired) electrons. The molecule has 0 aliphatic heterocycles. The molecule has 1 atom stereocenters. The fourth-order valence-corrected chi connectivity index (χ4v) is 1.80. The molecule has 126 valence electrons. The molecule has 0 amide bonds. The Morgan fingerprint density at radius 2 is 1.86 bits per heavy atom. The molecule has 0 aliphatic rings. The quantitative estimate of drug-likeness (QED) is 0.348. The molecule has 0 fully saturated rings. The summed E-state index contributed by atoms with van der Waals surface area (Å²) in [5.74, 6) is 1.48.